The average molecular weight is 213 g/mol. The Balaban J connectivity index is 2.19. The molecule has 2 rings (SSSR count). The summed E-state index contributed by atoms with van der Waals surface area (Å²) in [6, 6.07) is 2.32. The molecule has 78 valence electrons. The van der Waals surface area contributed by atoms with E-state index in [1.165, 1.54) is 16.4 Å². The van der Waals surface area contributed by atoms with E-state index in [0.717, 1.165) is 13.2 Å². The molecule has 5 heteroatoms. The summed E-state index contributed by atoms with van der Waals surface area (Å²) in [7, 11) is 2.11. The largest absolute Gasteiger partial charge is 0.374 e. The standard InChI is InChI=1S/C9H15N3OS/c1-12-4-5-13-7(6-10)9(12)8-2-3-11-14-8/h2-3,7,9H,4-6,10H2,1H3. The first-order valence-corrected chi connectivity index (χ1v) is 5.52. The minimum absolute atomic E-state index is 0.106. The van der Waals surface area contributed by atoms with E-state index in [0.29, 0.717) is 6.54 Å². The van der Waals surface area contributed by atoms with Crippen LogP contribution >= 0.6 is 11.5 Å². The second-order valence-electron chi connectivity index (χ2n) is 3.49. The number of hydrogen-bond acceptors (Lipinski definition) is 5. The first kappa shape index (κ1) is 10.0. The van der Waals surface area contributed by atoms with Gasteiger partial charge in [-0.05, 0) is 24.6 Å². The van der Waals surface area contributed by atoms with Crippen LogP contribution in [0.2, 0.25) is 0 Å². The summed E-state index contributed by atoms with van der Waals surface area (Å²) in [4.78, 5) is 3.52. The highest BCUT2D eigenvalue weighted by molar-refractivity contribution is 7.05. The number of likely N-dealkylation sites (N-methyl/N-ethyl adjacent to an activating group) is 1. The predicted octanol–water partition coefficient (Wildman–Crippen LogP) is 0.473. The van der Waals surface area contributed by atoms with E-state index in [-0.39, 0.29) is 12.1 Å². The van der Waals surface area contributed by atoms with E-state index in [1.807, 2.05) is 12.3 Å². The lowest BCUT2D eigenvalue weighted by Gasteiger charge is -2.37. The van der Waals surface area contributed by atoms with Gasteiger partial charge in [0.25, 0.3) is 0 Å². The van der Waals surface area contributed by atoms with E-state index >= 15 is 0 Å². The van der Waals surface area contributed by atoms with Crippen LogP contribution in [-0.2, 0) is 4.74 Å². The summed E-state index contributed by atoms with van der Waals surface area (Å²) < 4.78 is 9.77. The van der Waals surface area contributed by atoms with Gasteiger partial charge in [-0.1, -0.05) is 0 Å². The summed E-state index contributed by atoms with van der Waals surface area (Å²) in [5.41, 5.74) is 5.69. The van der Waals surface area contributed by atoms with Crippen LogP contribution < -0.4 is 5.73 Å². The van der Waals surface area contributed by atoms with Gasteiger partial charge in [0.15, 0.2) is 0 Å². The molecule has 14 heavy (non-hydrogen) atoms. The number of nitrogens with zero attached hydrogens (tertiary/aromatic N) is 2. The molecule has 0 aromatic carbocycles. The minimum Gasteiger partial charge on any atom is -0.374 e. The summed E-state index contributed by atoms with van der Waals surface area (Å²) in [5, 5.41) is 0. The smallest absolute Gasteiger partial charge is 0.0902 e. The van der Waals surface area contributed by atoms with Gasteiger partial charge >= 0.3 is 0 Å². The van der Waals surface area contributed by atoms with Crippen molar-refractivity contribution in [2.75, 3.05) is 26.7 Å². The zero-order valence-corrected chi connectivity index (χ0v) is 9.04. The predicted molar refractivity (Wildman–Crippen MR) is 56.3 cm³/mol. The molecule has 0 aliphatic carbocycles. The monoisotopic (exact) mass is 213 g/mol. The lowest BCUT2D eigenvalue weighted by molar-refractivity contribution is -0.0564. The second-order valence-corrected chi connectivity index (χ2v) is 4.35. The molecule has 1 aliphatic rings. The minimum atomic E-state index is 0.106. The van der Waals surface area contributed by atoms with E-state index < -0.39 is 0 Å². The van der Waals surface area contributed by atoms with Crippen molar-refractivity contribution in [2.45, 2.75) is 12.1 Å². The van der Waals surface area contributed by atoms with Crippen molar-refractivity contribution in [1.29, 1.82) is 0 Å². The number of hydrogen-bond donors (Lipinski definition) is 1. The number of nitrogens with two attached hydrogens (primary N) is 1. The fourth-order valence-electron chi connectivity index (χ4n) is 1.84. The summed E-state index contributed by atoms with van der Waals surface area (Å²) >= 11 is 1.53. The molecule has 2 heterocycles. The van der Waals surface area contributed by atoms with Crippen LogP contribution in [0.1, 0.15) is 10.9 Å². The van der Waals surface area contributed by atoms with Gasteiger partial charge in [0.05, 0.1) is 18.8 Å². The SMILES string of the molecule is CN1CCOC(CN)C1c1ccns1. The summed E-state index contributed by atoms with van der Waals surface area (Å²) in [6.45, 7) is 2.29. The van der Waals surface area contributed by atoms with Gasteiger partial charge in [0, 0.05) is 24.2 Å². The molecule has 0 radical (unpaired) electrons. The Bertz CT molecular complexity index is 278. The lowest BCUT2D eigenvalue weighted by Crippen LogP contribution is -2.46. The summed E-state index contributed by atoms with van der Waals surface area (Å²) in [5.74, 6) is 0. The quantitative estimate of drug-likeness (QED) is 0.776. The maximum absolute atomic E-state index is 5.69. The zero-order valence-electron chi connectivity index (χ0n) is 8.22. The number of morpholine rings is 1. The highest BCUT2D eigenvalue weighted by atomic mass is 32.1. The molecule has 0 spiro atoms. The van der Waals surface area contributed by atoms with Gasteiger partial charge in [-0.25, -0.2) is 4.37 Å². The molecule has 2 unspecified atom stereocenters. The maximum Gasteiger partial charge on any atom is 0.0902 e. The molecule has 1 fully saturated rings. The fourth-order valence-corrected chi connectivity index (χ4v) is 2.64. The highest BCUT2D eigenvalue weighted by Crippen LogP contribution is 2.29. The van der Waals surface area contributed by atoms with Gasteiger partial charge in [-0.3, -0.25) is 4.90 Å². The van der Waals surface area contributed by atoms with Crippen LogP contribution in [0.3, 0.4) is 0 Å². The number of ether oxygens (including phenoxy) is 1. The van der Waals surface area contributed by atoms with Gasteiger partial charge in [-0.2, -0.15) is 0 Å². The zero-order chi connectivity index (χ0) is 9.97. The normalized spacial score (nSPS) is 29.3. The van der Waals surface area contributed by atoms with Gasteiger partial charge in [-0.15, -0.1) is 0 Å². The van der Waals surface area contributed by atoms with E-state index in [2.05, 4.69) is 16.3 Å². The Morgan fingerprint density at radius 2 is 2.64 bits per heavy atom. The Kier molecular flexibility index (Phi) is 3.12. The molecule has 0 amide bonds. The molecular formula is C9H15N3OS. The molecule has 2 atom stereocenters. The van der Waals surface area contributed by atoms with E-state index in [4.69, 9.17) is 10.5 Å². The molecule has 0 bridgehead atoms. The van der Waals surface area contributed by atoms with Crippen LogP contribution in [0.5, 0.6) is 0 Å². The van der Waals surface area contributed by atoms with Gasteiger partial charge in [0.2, 0.25) is 0 Å². The third kappa shape index (κ3) is 1.81. The average Bonchev–Trinajstić information content (AvgIpc) is 2.70. The third-order valence-electron chi connectivity index (χ3n) is 2.58. The summed E-state index contributed by atoms with van der Waals surface area (Å²) in [6.07, 6.45) is 1.94. The van der Waals surface area contributed by atoms with E-state index in [9.17, 15) is 0 Å². The lowest BCUT2D eigenvalue weighted by atomic mass is 10.1. The van der Waals surface area contributed by atoms with Crippen LogP contribution in [0.4, 0.5) is 0 Å². The van der Waals surface area contributed by atoms with Crippen molar-refractivity contribution in [3.63, 3.8) is 0 Å². The second kappa shape index (κ2) is 4.35. The van der Waals surface area contributed by atoms with Crippen LogP contribution in [-0.4, -0.2) is 42.1 Å². The molecular weight excluding hydrogens is 198 g/mol. The van der Waals surface area contributed by atoms with Gasteiger partial charge < -0.3 is 10.5 Å². The maximum atomic E-state index is 5.69. The van der Waals surface area contributed by atoms with Crippen molar-refractivity contribution < 1.29 is 4.74 Å². The fraction of sp³-hybridized carbons (Fsp3) is 0.667. The van der Waals surface area contributed by atoms with Crippen molar-refractivity contribution in [3.8, 4) is 0 Å². The molecule has 0 saturated carbocycles. The van der Waals surface area contributed by atoms with Crippen LogP contribution in [0.25, 0.3) is 0 Å². The van der Waals surface area contributed by atoms with Crippen LogP contribution in [0, 0.1) is 0 Å². The van der Waals surface area contributed by atoms with Crippen molar-refractivity contribution >= 4 is 11.5 Å². The third-order valence-corrected chi connectivity index (χ3v) is 3.40. The molecule has 1 saturated heterocycles. The molecule has 2 N–H and O–H groups in total. The molecule has 1 aromatic heterocycles. The van der Waals surface area contributed by atoms with Crippen LogP contribution in [0.15, 0.2) is 12.3 Å². The Morgan fingerprint density at radius 1 is 1.79 bits per heavy atom. The molecule has 4 nitrogen and oxygen atoms in total. The molecule has 1 aromatic rings. The Hall–Kier alpha value is -0.490. The molecule has 1 aliphatic heterocycles. The first-order chi connectivity index (χ1) is 6.83. The Morgan fingerprint density at radius 3 is 3.29 bits per heavy atom. The number of rotatable bonds is 2. The first-order valence-electron chi connectivity index (χ1n) is 4.75. The Labute approximate surface area is 87.8 Å². The number of aromatic nitrogens is 1. The topological polar surface area (TPSA) is 51.4 Å². The van der Waals surface area contributed by atoms with E-state index in [1.54, 1.807) is 0 Å². The van der Waals surface area contributed by atoms with Crippen molar-refractivity contribution in [3.05, 3.63) is 17.1 Å². The van der Waals surface area contributed by atoms with Gasteiger partial charge in [0.1, 0.15) is 0 Å². The van der Waals surface area contributed by atoms with Crippen molar-refractivity contribution in [2.24, 2.45) is 5.73 Å². The highest BCUT2D eigenvalue weighted by Gasteiger charge is 2.31. The van der Waals surface area contributed by atoms with Crippen molar-refractivity contribution in [1.82, 2.24) is 9.27 Å².